The van der Waals surface area contributed by atoms with Gasteiger partial charge in [0.1, 0.15) is 17.5 Å². The number of aliphatic hydroxyl groups is 1. The molecule has 0 aliphatic heterocycles. The summed E-state index contributed by atoms with van der Waals surface area (Å²) in [5, 5.41) is 19.9. The fraction of sp³-hybridized carbons (Fsp3) is 0.158. The maximum Gasteiger partial charge on any atom is 0.223 e. The lowest BCUT2D eigenvalue weighted by Gasteiger charge is -2.16. The van der Waals surface area contributed by atoms with Gasteiger partial charge < -0.3 is 19.3 Å². The Morgan fingerprint density at radius 1 is 1.15 bits per heavy atom. The topological polar surface area (TPSA) is 106 Å². The fourth-order valence-corrected chi connectivity index (χ4v) is 3.04. The minimum absolute atomic E-state index is 0.376. The predicted octanol–water partition coefficient (Wildman–Crippen LogP) is 1.94. The summed E-state index contributed by atoms with van der Waals surface area (Å²) in [4.78, 5) is 24.8. The maximum atomic E-state index is 11.8. The molecule has 136 valence electrons. The smallest absolute Gasteiger partial charge is 0.223 e. The van der Waals surface area contributed by atoms with Crippen LogP contribution >= 0.6 is 0 Å². The van der Waals surface area contributed by atoms with E-state index in [9.17, 15) is 15.0 Å². The molecule has 0 aliphatic rings. The molecule has 27 heavy (non-hydrogen) atoms. The van der Waals surface area contributed by atoms with E-state index in [0.717, 1.165) is 11.2 Å². The third-order valence-corrected chi connectivity index (χ3v) is 4.38. The van der Waals surface area contributed by atoms with E-state index in [2.05, 4.69) is 15.0 Å². The summed E-state index contributed by atoms with van der Waals surface area (Å²) >= 11 is 0. The van der Waals surface area contributed by atoms with Gasteiger partial charge >= 0.3 is 0 Å². The van der Waals surface area contributed by atoms with Crippen molar-refractivity contribution in [3.05, 3.63) is 65.1 Å². The Kier molecular flexibility index (Phi) is 3.97. The maximum absolute atomic E-state index is 11.8. The van der Waals surface area contributed by atoms with E-state index in [1.54, 1.807) is 17.8 Å². The van der Waals surface area contributed by atoms with Gasteiger partial charge in [-0.2, -0.15) is 0 Å². The molecule has 0 aliphatic carbocycles. The first-order chi connectivity index (χ1) is 13.0. The molecular weight excluding hydrogens is 346 g/mol. The van der Waals surface area contributed by atoms with Crippen molar-refractivity contribution >= 4 is 11.2 Å². The molecule has 2 N–H and O–H groups in total. The molecule has 4 rings (SSSR count). The molecule has 0 bridgehead atoms. The van der Waals surface area contributed by atoms with Crippen molar-refractivity contribution in [1.82, 2.24) is 24.1 Å². The summed E-state index contributed by atoms with van der Waals surface area (Å²) in [6.45, 7) is 1.56. The number of hydrogen-bond acceptors (Lipinski definition) is 6. The number of imidazole rings is 1. The number of nitrogens with zero attached hydrogens (tertiary/aromatic N) is 5. The lowest BCUT2D eigenvalue weighted by Crippen LogP contribution is -2.13. The quantitative estimate of drug-likeness (QED) is 0.576. The zero-order chi connectivity index (χ0) is 19.1. The monoisotopic (exact) mass is 363 g/mol. The summed E-state index contributed by atoms with van der Waals surface area (Å²) in [5.41, 5.74) is 3.37. The van der Waals surface area contributed by atoms with Crippen molar-refractivity contribution in [1.29, 1.82) is 0 Å². The van der Waals surface area contributed by atoms with Crippen LogP contribution in [0.25, 0.3) is 28.1 Å². The predicted molar refractivity (Wildman–Crippen MR) is 99.6 cm³/mol. The molecule has 3 heterocycles. The fourth-order valence-electron chi connectivity index (χ4n) is 3.04. The minimum Gasteiger partial charge on any atom is -0.503 e. The van der Waals surface area contributed by atoms with E-state index < -0.39 is 11.5 Å². The molecule has 0 amide bonds. The van der Waals surface area contributed by atoms with Crippen molar-refractivity contribution in [2.75, 3.05) is 0 Å². The first-order valence-corrected chi connectivity index (χ1v) is 8.32. The highest BCUT2D eigenvalue weighted by atomic mass is 16.3. The van der Waals surface area contributed by atoms with Crippen LogP contribution in [0.4, 0.5) is 0 Å². The van der Waals surface area contributed by atoms with E-state index in [1.807, 2.05) is 35.9 Å². The minimum atomic E-state index is -0.886. The Bertz CT molecular complexity index is 1210. The number of aliphatic hydroxyl groups excluding tert-OH is 1. The number of rotatable bonds is 3. The number of pyridine rings is 1. The first kappa shape index (κ1) is 16.9. The van der Waals surface area contributed by atoms with Crippen LogP contribution in [0.15, 0.2) is 54.0 Å². The number of fused-ring (bicyclic) bond motifs is 1. The van der Waals surface area contributed by atoms with Crippen molar-refractivity contribution in [3.63, 3.8) is 0 Å². The summed E-state index contributed by atoms with van der Waals surface area (Å²) < 4.78 is 3.40. The van der Waals surface area contributed by atoms with Gasteiger partial charge in [0.15, 0.2) is 11.4 Å². The molecule has 1 atom stereocenters. The molecule has 0 spiro atoms. The average molecular weight is 363 g/mol. The van der Waals surface area contributed by atoms with Gasteiger partial charge in [0.25, 0.3) is 0 Å². The van der Waals surface area contributed by atoms with Gasteiger partial charge in [-0.1, -0.05) is 12.1 Å². The largest absolute Gasteiger partial charge is 0.503 e. The lowest BCUT2D eigenvalue weighted by molar-refractivity contribution is 0.191. The van der Waals surface area contributed by atoms with Crippen LogP contribution in [0.2, 0.25) is 0 Å². The molecule has 0 saturated carbocycles. The Labute approximate surface area is 154 Å². The Morgan fingerprint density at radius 3 is 2.74 bits per heavy atom. The van der Waals surface area contributed by atoms with Crippen molar-refractivity contribution in [2.45, 2.75) is 13.0 Å². The van der Waals surface area contributed by atoms with E-state index >= 15 is 0 Å². The number of benzene rings is 1. The zero-order valence-electron chi connectivity index (χ0n) is 14.7. The SMILES string of the molecule is CC(O)c1cc(=O)c(O)cn1-c1cccc(-c2ncnc3c2ncn3C)c1. The van der Waals surface area contributed by atoms with E-state index in [0.29, 0.717) is 22.6 Å². The second kappa shape index (κ2) is 6.33. The molecule has 8 heteroatoms. The molecular formula is C19H17N5O3. The van der Waals surface area contributed by atoms with Crippen LogP contribution in [0.3, 0.4) is 0 Å². The molecule has 1 aromatic carbocycles. The second-order valence-electron chi connectivity index (χ2n) is 6.29. The van der Waals surface area contributed by atoms with Gasteiger partial charge in [0.05, 0.1) is 24.3 Å². The van der Waals surface area contributed by atoms with Crippen molar-refractivity contribution in [2.24, 2.45) is 7.05 Å². The average Bonchev–Trinajstić information content (AvgIpc) is 3.05. The molecule has 0 radical (unpaired) electrons. The Morgan fingerprint density at radius 2 is 1.96 bits per heavy atom. The first-order valence-electron chi connectivity index (χ1n) is 8.32. The highest BCUT2D eigenvalue weighted by Gasteiger charge is 2.14. The van der Waals surface area contributed by atoms with Crippen LogP contribution in [0.1, 0.15) is 18.7 Å². The third-order valence-electron chi connectivity index (χ3n) is 4.38. The summed E-state index contributed by atoms with van der Waals surface area (Å²) in [6, 6.07) is 8.63. The number of aromatic nitrogens is 5. The number of aromatic hydroxyl groups is 1. The highest BCUT2D eigenvalue weighted by molar-refractivity contribution is 5.87. The molecule has 0 saturated heterocycles. The standard InChI is InChI=1S/C19H17N5O3/c1-11(25)14-7-15(26)16(27)8-24(14)13-5-3-4-12(6-13)17-18-19(21-9-20-17)23(2)10-22-18/h3-11,25,27H,1-2H3. The Hall–Kier alpha value is -3.52. The van der Waals surface area contributed by atoms with E-state index in [-0.39, 0.29) is 5.75 Å². The van der Waals surface area contributed by atoms with E-state index in [1.165, 1.54) is 18.6 Å². The molecule has 8 nitrogen and oxygen atoms in total. The van der Waals surface area contributed by atoms with Gasteiger partial charge in [-0.25, -0.2) is 15.0 Å². The van der Waals surface area contributed by atoms with Gasteiger partial charge in [0, 0.05) is 24.4 Å². The second-order valence-corrected chi connectivity index (χ2v) is 6.29. The van der Waals surface area contributed by atoms with Crippen LogP contribution in [0.5, 0.6) is 5.75 Å². The Balaban J connectivity index is 1.92. The van der Waals surface area contributed by atoms with Gasteiger partial charge in [-0.05, 0) is 19.1 Å². The molecule has 3 aromatic heterocycles. The zero-order valence-corrected chi connectivity index (χ0v) is 14.7. The molecule has 1 unspecified atom stereocenters. The van der Waals surface area contributed by atoms with Crippen LogP contribution < -0.4 is 5.43 Å². The highest BCUT2D eigenvalue weighted by Crippen LogP contribution is 2.27. The van der Waals surface area contributed by atoms with Gasteiger partial charge in [-0.3, -0.25) is 4.79 Å². The van der Waals surface area contributed by atoms with Crippen molar-refractivity contribution in [3.8, 4) is 22.7 Å². The summed E-state index contributed by atoms with van der Waals surface area (Å²) in [7, 11) is 1.86. The van der Waals surface area contributed by atoms with Crippen LogP contribution in [-0.2, 0) is 7.05 Å². The number of aryl methyl sites for hydroxylation is 1. The van der Waals surface area contributed by atoms with Gasteiger partial charge in [0.2, 0.25) is 5.43 Å². The molecule has 0 fully saturated rings. The normalized spacial score (nSPS) is 12.4. The van der Waals surface area contributed by atoms with Crippen LogP contribution in [0, 0.1) is 0 Å². The number of hydrogen-bond donors (Lipinski definition) is 2. The lowest BCUT2D eigenvalue weighted by atomic mass is 10.1. The third kappa shape index (κ3) is 2.85. The van der Waals surface area contributed by atoms with E-state index in [4.69, 9.17) is 0 Å². The van der Waals surface area contributed by atoms with Crippen LogP contribution in [-0.4, -0.2) is 34.3 Å². The molecule has 4 aromatic rings. The van der Waals surface area contributed by atoms with Crippen molar-refractivity contribution < 1.29 is 10.2 Å². The summed E-state index contributed by atoms with van der Waals surface area (Å²) in [6.07, 6.45) is 3.58. The van der Waals surface area contributed by atoms with Gasteiger partial charge in [-0.15, -0.1) is 0 Å². The summed E-state index contributed by atoms with van der Waals surface area (Å²) in [5.74, 6) is -0.390.